The van der Waals surface area contributed by atoms with Gasteiger partial charge in [0.25, 0.3) is 0 Å². The molecule has 0 amide bonds. The summed E-state index contributed by atoms with van der Waals surface area (Å²) >= 11 is 5.61. The Balaban J connectivity index is 2.67. The maximum Gasteiger partial charge on any atom is 0.123 e. The van der Waals surface area contributed by atoms with Gasteiger partial charge in [0.05, 0.1) is 5.88 Å². The molecule has 0 aliphatic rings. The number of hydrogen-bond donors (Lipinski definition) is 1. The average molecular weight is 184 g/mol. The van der Waals surface area contributed by atoms with Crippen LogP contribution in [0.4, 0.5) is 4.39 Å². The molecule has 1 aromatic carbocycles. The van der Waals surface area contributed by atoms with E-state index in [0.29, 0.717) is 5.88 Å². The van der Waals surface area contributed by atoms with Crippen molar-refractivity contribution in [3.63, 3.8) is 0 Å². The Kier molecular flexibility index (Phi) is 1.77. The fourth-order valence-electron chi connectivity index (χ4n) is 1.24. The first-order chi connectivity index (χ1) is 5.79. The summed E-state index contributed by atoms with van der Waals surface area (Å²) in [6.07, 6.45) is 0. The van der Waals surface area contributed by atoms with Gasteiger partial charge >= 0.3 is 0 Å². The second-order valence-electron chi connectivity index (χ2n) is 2.66. The lowest BCUT2D eigenvalue weighted by atomic mass is 10.2. The first kappa shape index (κ1) is 7.62. The Hall–Kier alpha value is -1.02. The minimum atomic E-state index is -0.220. The van der Waals surface area contributed by atoms with Gasteiger partial charge in [0.15, 0.2) is 0 Å². The van der Waals surface area contributed by atoms with Gasteiger partial charge in [-0.15, -0.1) is 11.6 Å². The Morgan fingerprint density at radius 2 is 2.17 bits per heavy atom. The van der Waals surface area contributed by atoms with Gasteiger partial charge in [-0.3, -0.25) is 0 Å². The molecule has 0 saturated heterocycles. The quantitative estimate of drug-likeness (QED) is 0.655. The third-order valence-electron chi connectivity index (χ3n) is 1.78. The van der Waals surface area contributed by atoms with Crippen LogP contribution in [-0.2, 0) is 5.88 Å². The standard InChI is InChI=1S/C9H7ClFN/c10-5-8-4-6-3-7(11)1-2-9(6)12-8/h1-4,12H,5H2. The summed E-state index contributed by atoms with van der Waals surface area (Å²) < 4.78 is 12.7. The van der Waals surface area contributed by atoms with E-state index in [-0.39, 0.29) is 5.82 Å². The van der Waals surface area contributed by atoms with Crippen molar-refractivity contribution in [2.45, 2.75) is 5.88 Å². The molecule has 0 unspecified atom stereocenters. The van der Waals surface area contributed by atoms with E-state index >= 15 is 0 Å². The summed E-state index contributed by atoms with van der Waals surface area (Å²) in [4.78, 5) is 3.07. The summed E-state index contributed by atoms with van der Waals surface area (Å²) in [6.45, 7) is 0. The predicted octanol–water partition coefficient (Wildman–Crippen LogP) is 3.05. The van der Waals surface area contributed by atoms with Crippen molar-refractivity contribution < 1.29 is 4.39 Å². The van der Waals surface area contributed by atoms with E-state index in [4.69, 9.17) is 11.6 Å². The van der Waals surface area contributed by atoms with Crippen molar-refractivity contribution in [3.8, 4) is 0 Å². The van der Waals surface area contributed by atoms with Crippen molar-refractivity contribution >= 4 is 22.5 Å². The smallest absolute Gasteiger partial charge is 0.123 e. The molecule has 0 aliphatic carbocycles. The van der Waals surface area contributed by atoms with Crippen molar-refractivity contribution in [2.75, 3.05) is 0 Å². The second kappa shape index (κ2) is 2.79. The molecule has 0 bridgehead atoms. The van der Waals surface area contributed by atoms with E-state index < -0.39 is 0 Å². The Morgan fingerprint density at radius 1 is 1.33 bits per heavy atom. The third-order valence-corrected chi connectivity index (χ3v) is 2.07. The molecular formula is C9H7ClFN. The van der Waals surface area contributed by atoms with Crippen LogP contribution in [-0.4, -0.2) is 4.98 Å². The van der Waals surface area contributed by atoms with E-state index in [2.05, 4.69) is 4.98 Å². The molecule has 1 heterocycles. The van der Waals surface area contributed by atoms with Crippen molar-refractivity contribution in [2.24, 2.45) is 0 Å². The molecule has 0 aliphatic heterocycles. The number of benzene rings is 1. The van der Waals surface area contributed by atoms with E-state index in [1.807, 2.05) is 6.07 Å². The normalized spacial score (nSPS) is 10.8. The van der Waals surface area contributed by atoms with Crippen LogP contribution in [0.5, 0.6) is 0 Å². The number of aromatic amines is 1. The summed E-state index contributed by atoms with van der Waals surface area (Å²) in [7, 11) is 0. The Labute approximate surface area is 74.2 Å². The third kappa shape index (κ3) is 1.18. The van der Waals surface area contributed by atoms with Gasteiger partial charge in [-0.05, 0) is 24.3 Å². The molecule has 1 aromatic heterocycles. The molecule has 0 saturated carbocycles. The zero-order chi connectivity index (χ0) is 8.55. The minimum absolute atomic E-state index is 0.220. The predicted molar refractivity (Wildman–Crippen MR) is 47.8 cm³/mol. The van der Waals surface area contributed by atoms with Crippen molar-refractivity contribution in [3.05, 3.63) is 35.8 Å². The van der Waals surface area contributed by atoms with E-state index in [1.54, 1.807) is 6.07 Å². The summed E-state index contributed by atoms with van der Waals surface area (Å²) in [6, 6.07) is 6.48. The van der Waals surface area contributed by atoms with Gasteiger partial charge in [-0.1, -0.05) is 0 Å². The molecular weight excluding hydrogens is 177 g/mol. The number of halogens is 2. The largest absolute Gasteiger partial charge is 0.357 e. The fraction of sp³-hybridized carbons (Fsp3) is 0.111. The maximum atomic E-state index is 12.7. The monoisotopic (exact) mass is 183 g/mol. The van der Waals surface area contributed by atoms with Crippen LogP contribution in [0.2, 0.25) is 0 Å². The number of nitrogens with one attached hydrogen (secondary N) is 1. The molecule has 12 heavy (non-hydrogen) atoms. The number of alkyl halides is 1. The molecule has 62 valence electrons. The number of aromatic nitrogens is 1. The van der Waals surface area contributed by atoms with Crippen LogP contribution in [0, 0.1) is 5.82 Å². The highest BCUT2D eigenvalue weighted by atomic mass is 35.5. The van der Waals surface area contributed by atoms with Crippen molar-refractivity contribution in [1.29, 1.82) is 0 Å². The van der Waals surface area contributed by atoms with Gasteiger partial charge < -0.3 is 4.98 Å². The van der Waals surface area contributed by atoms with E-state index in [1.165, 1.54) is 12.1 Å². The van der Waals surface area contributed by atoms with E-state index in [0.717, 1.165) is 16.6 Å². The molecule has 2 rings (SSSR count). The second-order valence-corrected chi connectivity index (χ2v) is 2.93. The summed E-state index contributed by atoms with van der Waals surface area (Å²) in [5, 5.41) is 0.866. The molecule has 0 fully saturated rings. The lowest BCUT2D eigenvalue weighted by Gasteiger charge is -1.87. The van der Waals surface area contributed by atoms with E-state index in [9.17, 15) is 4.39 Å². The SMILES string of the molecule is Fc1ccc2[nH]c(CCl)cc2c1. The Bertz CT molecular complexity index is 408. The average Bonchev–Trinajstić information content (AvgIpc) is 2.46. The van der Waals surface area contributed by atoms with Gasteiger partial charge in [-0.2, -0.15) is 0 Å². The maximum absolute atomic E-state index is 12.7. The highest BCUT2D eigenvalue weighted by Gasteiger charge is 1.99. The number of fused-ring (bicyclic) bond motifs is 1. The lowest BCUT2D eigenvalue weighted by Crippen LogP contribution is -1.73. The Morgan fingerprint density at radius 3 is 2.92 bits per heavy atom. The zero-order valence-electron chi connectivity index (χ0n) is 6.27. The van der Waals surface area contributed by atoms with Crippen LogP contribution in [0.25, 0.3) is 10.9 Å². The fourth-order valence-corrected chi connectivity index (χ4v) is 1.38. The van der Waals surface area contributed by atoms with Crippen LogP contribution in [0.15, 0.2) is 24.3 Å². The van der Waals surface area contributed by atoms with Gasteiger partial charge in [-0.25, -0.2) is 4.39 Å². The first-order valence-electron chi connectivity index (χ1n) is 3.63. The summed E-state index contributed by atoms with van der Waals surface area (Å²) in [5.41, 5.74) is 1.84. The minimum Gasteiger partial charge on any atom is -0.357 e. The van der Waals surface area contributed by atoms with Crippen LogP contribution in [0.1, 0.15) is 5.69 Å². The molecule has 1 nitrogen and oxygen atoms in total. The highest BCUT2D eigenvalue weighted by Crippen LogP contribution is 2.17. The van der Waals surface area contributed by atoms with Crippen LogP contribution in [0.3, 0.4) is 0 Å². The molecule has 0 radical (unpaired) electrons. The molecule has 2 aromatic rings. The lowest BCUT2D eigenvalue weighted by molar-refractivity contribution is 0.630. The van der Waals surface area contributed by atoms with Crippen LogP contribution < -0.4 is 0 Å². The van der Waals surface area contributed by atoms with Gasteiger partial charge in [0.2, 0.25) is 0 Å². The molecule has 0 atom stereocenters. The van der Waals surface area contributed by atoms with Gasteiger partial charge in [0.1, 0.15) is 5.82 Å². The number of hydrogen-bond acceptors (Lipinski definition) is 0. The highest BCUT2D eigenvalue weighted by molar-refractivity contribution is 6.17. The first-order valence-corrected chi connectivity index (χ1v) is 4.16. The number of rotatable bonds is 1. The van der Waals surface area contributed by atoms with Crippen molar-refractivity contribution in [1.82, 2.24) is 4.98 Å². The molecule has 3 heteroatoms. The number of H-pyrrole nitrogens is 1. The topological polar surface area (TPSA) is 15.8 Å². The molecule has 0 spiro atoms. The van der Waals surface area contributed by atoms with Gasteiger partial charge in [0, 0.05) is 16.6 Å². The molecule has 1 N–H and O–H groups in total. The van der Waals surface area contributed by atoms with Crippen LogP contribution >= 0.6 is 11.6 Å². The summed E-state index contributed by atoms with van der Waals surface area (Å²) in [5.74, 6) is 0.207. The zero-order valence-corrected chi connectivity index (χ0v) is 7.03.